The normalized spacial score (nSPS) is 15.1. The lowest BCUT2D eigenvalue weighted by Gasteiger charge is -2.19. The number of nitrogens with zero attached hydrogens (tertiary/aromatic N) is 4. The maximum atomic E-state index is 12.3. The molecule has 146 valence electrons. The van der Waals surface area contributed by atoms with Crippen LogP contribution in [0.5, 0.6) is 0 Å². The average molecular weight is 389 g/mol. The molecule has 1 atom stereocenters. The highest BCUT2D eigenvalue weighted by Gasteiger charge is 2.25. The summed E-state index contributed by atoms with van der Waals surface area (Å²) in [6.07, 6.45) is 4.24. The Balaban J connectivity index is 1.84. The number of anilines is 1. The van der Waals surface area contributed by atoms with Gasteiger partial charge in [0.05, 0.1) is 12.3 Å². The molecule has 3 rings (SSSR count). The SMILES string of the molecule is CCCCOC(=O)C(C)Sc1nnc(N2CCCC2)n1-c1ccc(C)cc1. The highest BCUT2D eigenvalue weighted by atomic mass is 32.2. The molecule has 27 heavy (non-hydrogen) atoms. The Morgan fingerprint density at radius 3 is 2.59 bits per heavy atom. The van der Waals surface area contributed by atoms with Gasteiger partial charge >= 0.3 is 5.97 Å². The smallest absolute Gasteiger partial charge is 0.319 e. The van der Waals surface area contributed by atoms with E-state index in [4.69, 9.17) is 4.74 Å². The van der Waals surface area contributed by atoms with Gasteiger partial charge in [-0.25, -0.2) is 0 Å². The van der Waals surface area contributed by atoms with Gasteiger partial charge in [-0.15, -0.1) is 10.2 Å². The van der Waals surface area contributed by atoms with Gasteiger partial charge < -0.3 is 9.64 Å². The Kier molecular flexibility index (Phi) is 6.77. The van der Waals surface area contributed by atoms with Crippen molar-refractivity contribution in [2.24, 2.45) is 0 Å². The summed E-state index contributed by atoms with van der Waals surface area (Å²) in [6.45, 7) is 8.47. The number of aryl methyl sites for hydroxylation is 1. The number of thioether (sulfide) groups is 1. The van der Waals surface area contributed by atoms with Gasteiger partial charge in [-0.3, -0.25) is 9.36 Å². The van der Waals surface area contributed by atoms with E-state index in [1.165, 1.54) is 30.2 Å². The van der Waals surface area contributed by atoms with E-state index in [9.17, 15) is 4.79 Å². The Labute approximate surface area is 165 Å². The summed E-state index contributed by atoms with van der Waals surface area (Å²) in [4.78, 5) is 14.5. The largest absolute Gasteiger partial charge is 0.465 e. The molecule has 1 saturated heterocycles. The fourth-order valence-corrected chi connectivity index (χ4v) is 3.88. The van der Waals surface area contributed by atoms with Crippen molar-refractivity contribution in [2.45, 2.75) is 56.9 Å². The molecule has 0 spiro atoms. The van der Waals surface area contributed by atoms with Gasteiger partial charge in [-0.05, 0) is 45.2 Å². The highest BCUT2D eigenvalue weighted by Crippen LogP contribution is 2.31. The molecule has 1 aromatic heterocycles. The number of carbonyl (C=O) groups excluding carboxylic acids is 1. The lowest BCUT2D eigenvalue weighted by atomic mass is 10.2. The molecule has 1 aliphatic rings. The third-order valence-corrected chi connectivity index (χ3v) is 5.67. The zero-order valence-corrected chi connectivity index (χ0v) is 17.2. The lowest BCUT2D eigenvalue weighted by Crippen LogP contribution is -2.22. The zero-order chi connectivity index (χ0) is 19.2. The second-order valence-electron chi connectivity index (χ2n) is 6.93. The molecule has 0 radical (unpaired) electrons. The molecule has 2 aromatic rings. The highest BCUT2D eigenvalue weighted by molar-refractivity contribution is 8.00. The van der Waals surface area contributed by atoms with Crippen LogP contribution in [0, 0.1) is 6.92 Å². The number of carbonyl (C=O) groups is 1. The van der Waals surface area contributed by atoms with Crippen molar-refractivity contribution in [1.29, 1.82) is 0 Å². The summed E-state index contributed by atoms with van der Waals surface area (Å²) >= 11 is 1.40. The molecular formula is C20H28N4O2S. The first-order valence-electron chi connectivity index (χ1n) is 9.71. The molecule has 1 aromatic carbocycles. The van der Waals surface area contributed by atoms with Crippen molar-refractivity contribution in [3.05, 3.63) is 29.8 Å². The van der Waals surface area contributed by atoms with E-state index in [-0.39, 0.29) is 11.2 Å². The zero-order valence-electron chi connectivity index (χ0n) is 16.4. The minimum atomic E-state index is -0.332. The summed E-state index contributed by atoms with van der Waals surface area (Å²) in [6, 6.07) is 8.32. The molecule has 2 heterocycles. The van der Waals surface area contributed by atoms with Crippen LogP contribution in [0.15, 0.2) is 29.4 Å². The topological polar surface area (TPSA) is 60.2 Å². The molecule has 0 bridgehead atoms. The standard InChI is InChI=1S/C20H28N4O2S/c1-4-5-14-26-18(25)16(3)27-20-22-21-19(23-12-6-7-13-23)24(20)17-10-8-15(2)9-11-17/h8-11,16H,4-7,12-14H2,1-3H3. The second kappa shape index (κ2) is 9.26. The Hall–Kier alpha value is -2.02. The van der Waals surface area contributed by atoms with Gasteiger partial charge in [0.25, 0.3) is 0 Å². The number of aromatic nitrogens is 3. The number of unbranched alkanes of at least 4 members (excludes halogenated alkanes) is 1. The first-order chi connectivity index (χ1) is 13.1. The van der Waals surface area contributed by atoms with E-state index in [1.54, 1.807) is 0 Å². The van der Waals surface area contributed by atoms with Crippen molar-refractivity contribution in [3.63, 3.8) is 0 Å². The van der Waals surface area contributed by atoms with E-state index >= 15 is 0 Å². The Morgan fingerprint density at radius 2 is 1.93 bits per heavy atom. The molecule has 0 saturated carbocycles. The van der Waals surface area contributed by atoms with E-state index in [2.05, 4.69) is 57.8 Å². The summed E-state index contributed by atoms with van der Waals surface area (Å²) in [5.41, 5.74) is 2.22. The van der Waals surface area contributed by atoms with Crippen LogP contribution in [0.1, 0.15) is 45.1 Å². The van der Waals surface area contributed by atoms with Crippen LogP contribution in [0.3, 0.4) is 0 Å². The average Bonchev–Trinajstić information content (AvgIpc) is 3.32. The minimum absolute atomic E-state index is 0.199. The Morgan fingerprint density at radius 1 is 1.22 bits per heavy atom. The van der Waals surface area contributed by atoms with Gasteiger partial charge in [0.2, 0.25) is 5.95 Å². The number of hydrogen-bond acceptors (Lipinski definition) is 6. The van der Waals surface area contributed by atoms with Gasteiger partial charge in [0, 0.05) is 13.1 Å². The number of hydrogen-bond donors (Lipinski definition) is 0. The van der Waals surface area contributed by atoms with Gasteiger partial charge in [-0.2, -0.15) is 0 Å². The molecule has 0 N–H and O–H groups in total. The maximum Gasteiger partial charge on any atom is 0.319 e. The third-order valence-electron chi connectivity index (χ3n) is 4.65. The number of benzene rings is 1. The van der Waals surface area contributed by atoms with Gasteiger partial charge in [-0.1, -0.05) is 42.8 Å². The van der Waals surface area contributed by atoms with Crippen LogP contribution in [-0.2, 0) is 9.53 Å². The predicted octanol–water partition coefficient (Wildman–Crippen LogP) is 4.00. The van der Waals surface area contributed by atoms with Crippen LogP contribution in [0.4, 0.5) is 5.95 Å². The van der Waals surface area contributed by atoms with Crippen LogP contribution < -0.4 is 4.90 Å². The lowest BCUT2D eigenvalue weighted by molar-refractivity contribution is -0.142. The monoisotopic (exact) mass is 388 g/mol. The predicted molar refractivity (Wildman–Crippen MR) is 109 cm³/mol. The van der Waals surface area contributed by atoms with Crippen molar-refractivity contribution in [2.75, 3.05) is 24.6 Å². The second-order valence-corrected chi connectivity index (χ2v) is 8.24. The van der Waals surface area contributed by atoms with Gasteiger partial charge in [0.15, 0.2) is 5.16 Å². The summed E-state index contributed by atoms with van der Waals surface area (Å²) in [5, 5.41) is 9.25. The van der Waals surface area contributed by atoms with Crippen LogP contribution in [-0.4, -0.2) is 45.7 Å². The maximum absolute atomic E-state index is 12.3. The van der Waals surface area contributed by atoms with Crippen molar-refractivity contribution in [3.8, 4) is 5.69 Å². The van der Waals surface area contributed by atoms with Crippen LogP contribution in [0.25, 0.3) is 5.69 Å². The van der Waals surface area contributed by atoms with E-state index in [0.29, 0.717) is 6.61 Å². The molecule has 0 amide bonds. The molecule has 1 fully saturated rings. The van der Waals surface area contributed by atoms with E-state index in [1.807, 2.05) is 6.92 Å². The molecule has 7 heteroatoms. The van der Waals surface area contributed by atoms with Crippen LogP contribution in [0.2, 0.25) is 0 Å². The molecular weight excluding hydrogens is 360 g/mol. The van der Waals surface area contributed by atoms with E-state index in [0.717, 1.165) is 42.7 Å². The first kappa shape index (κ1) is 19.7. The fourth-order valence-electron chi connectivity index (χ4n) is 3.02. The Bertz CT molecular complexity index is 754. The molecule has 1 aliphatic heterocycles. The van der Waals surface area contributed by atoms with Crippen molar-refractivity contribution in [1.82, 2.24) is 14.8 Å². The minimum Gasteiger partial charge on any atom is -0.465 e. The van der Waals surface area contributed by atoms with E-state index < -0.39 is 0 Å². The van der Waals surface area contributed by atoms with Crippen molar-refractivity contribution >= 4 is 23.7 Å². The molecule has 6 nitrogen and oxygen atoms in total. The number of esters is 1. The first-order valence-corrected chi connectivity index (χ1v) is 10.6. The summed E-state index contributed by atoms with van der Waals surface area (Å²) in [7, 11) is 0. The molecule has 1 unspecified atom stereocenters. The third kappa shape index (κ3) is 4.83. The summed E-state index contributed by atoms with van der Waals surface area (Å²) in [5.74, 6) is 0.653. The number of ether oxygens (including phenoxy) is 1. The van der Waals surface area contributed by atoms with Gasteiger partial charge in [0.1, 0.15) is 5.25 Å². The number of rotatable bonds is 8. The molecule has 0 aliphatic carbocycles. The fraction of sp³-hybridized carbons (Fsp3) is 0.550. The quantitative estimate of drug-likeness (QED) is 0.387. The van der Waals surface area contributed by atoms with Crippen LogP contribution >= 0.6 is 11.8 Å². The van der Waals surface area contributed by atoms with Crippen molar-refractivity contribution < 1.29 is 9.53 Å². The summed E-state index contributed by atoms with van der Waals surface area (Å²) < 4.78 is 7.42.